The number of halogens is 9. The maximum atomic E-state index is 13.1. The average molecular weight is 543 g/mol. The van der Waals surface area contributed by atoms with Gasteiger partial charge in [-0.15, -0.1) is 0 Å². The number of hydrogen-bond donors (Lipinski definition) is 0. The molecule has 18 heteroatoms. The maximum absolute atomic E-state index is 13.1. The fourth-order valence-corrected chi connectivity index (χ4v) is 4.14. The summed E-state index contributed by atoms with van der Waals surface area (Å²) >= 11 is 0. The molecule has 0 bridgehead atoms. The molecule has 0 radical (unpaired) electrons. The third-order valence-corrected chi connectivity index (χ3v) is 6.29. The van der Waals surface area contributed by atoms with Crippen LogP contribution < -0.4 is 4.18 Å². The Morgan fingerprint density at radius 2 is 1.62 bits per heavy atom. The van der Waals surface area contributed by atoms with E-state index in [1.54, 1.807) is 0 Å². The van der Waals surface area contributed by atoms with Gasteiger partial charge in [-0.25, -0.2) is 8.18 Å². The Kier molecular flexibility index (Phi) is 6.22. The van der Waals surface area contributed by atoms with Gasteiger partial charge in [0.05, 0.1) is 11.2 Å². The summed E-state index contributed by atoms with van der Waals surface area (Å²) in [6.45, 7) is 1.40. The van der Waals surface area contributed by atoms with Crippen molar-refractivity contribution in [2.24, 2.45) is 0 Å². The lowest BCUT2D eigenvalue weighted by atomic mass is 10.1. The molecule has 0 N–H and O–H groups in total. The van der Waals surface area contributed by atoms with Crippen LogP contribution >= 0.6 is 0 Å². The van der Waals surface area contributed by atoms with Gasteiger partial charge >= 0.3 is 27.3 Å². The molecule has 2 heterocycles. The highest BCUT2D eigenvalue weighted by atomic mass is 32.2. The third-order valence-electron chi connectivity index (χ3n) is 4.23. The highest BCUT2D eigenvalue weighted by Gasteiger charge is 2.50. The first-order valence-corrected chi connectivity index (χ1v) is 11.2. The van der Waals surface area contributed by atoms with Gasteiger partial charge in [0.15, 0.2) is 5.69 Å². The number of alkyl halides is 9. The summed E-state index contributed by atoms with van der Waals surface area (Å²) in [7, 11) is -10.5. The van der Waals surface area contributed by atoms with Crippen LogP contribution in [0.3, 0.4) is 0 Å². The molecule has 7 nitrogen and oxygen atoms in total. The van der Waals surface area contributed by atoms with Gasteiger partial charge in [-0.1, -0.05) is 6.07 Å². The molecule has 0 saturated carbocycles. The van der Waals surface area contributed by atoms with Gasteiger partial charge in [0.2, 0.25) is 16.9 Å². The number of rotatable bonds is 5. The van der Waals surface area contributed by atoms with E-state index in [2.05, 4.69) is 9.28 Å². The van der Waals surface area contributed by atoms with Crippen molar-refractivity contribution >= 4 is 32.0 Å². The van der Waals surface area contributed by atoms with E-state index in [4.69, 9.17) is 0 Å². The van der Waals surface area contributed by atoms with Gasteiger partial charge in [0.1, 0.15) is 0 Å². The van der Waals surface area contributed by atoms with Crippen LogP contribution in [0.4, 0.5) is 39.5 Å². The first-order chi connectivity index (χ1) is 15.4. The Hall–Kier alpha value is -2.76. The minimum Gasteiger partial charge on any atom is -0.356 e. The van der Waals surface area contributed by atoms with Crippen molar-refractivity contribution in [3.63, 3.8) is 0 Å². The van der Waals surface area contributed by atoms with E-state index in [-0.39, 0.29) is 21.8 Å². The van der Waals surface area contributed by atoms with Crippen molar-refractivity contribution in [2.75, 3.05) is 0 Å². The van der Waals surface area contributed by atoms with E-state index in [1.165, 1.54) is 6.92 Å². The molecule has 1 atom stereocenters. The number of benzene rings is 1. The van der Waals surface area contributed by atoms with Crippen molar-refractivity contribution in [3.05, 3.63) is 36.0 Å². The summed E-state index contributed by atoms with van der Waals surface area (Å²) in [5.74, 6) is -1.57. The zero-order valence-corrected chi connectivity index (χ0v) is 17.9. The van der Waals surface area contributed by atoms with Gasteiger partial charge in [0.25, 0.3) is 0 Å². The summed E-state index contributed by atoms with van der Waals surface area (Å²) in [5.41, 5.74) is -13.7. The molecule has 0 aliphatic carbocycles. The molecule has 1 aromatic carbocycles. The first kappa shape index (κ1) is 25.9. The van der Waals surface area contributed by atoms with Crippen molar-refractivity contribution in [3.8, 4) is 17.1 Å². The molecule has 2 aromatic heterocycles. The van der Waals surface area contributed by atoms with Crippen LogP contribution in [0.25, 0.3) is 22.2 Å². The Labute approximate surface area is 186 Å². The minimum atomic E-state index is -6.45. The maximum Gasteiger partial charge on any atom is 0.534 e. The van der Waals surface area contributed by atoms with Crippen molar-refractivity contribution in [2.45, 2.75) is 30.7 Å². The summed E-state index contributed by atoms with van der Waals surface area (Å²) in [6.07, 6.45) is -4.82. The van der Waals surface area contributed by atoms with Gasteiger partial charge in [0, 0.05) is 23.6 Å². The molecule has 3 aromatic rings. The molecule has 1 unspecified atom stereocenters. The molecule has 0 aliphatic rings. The molecule has 0 saturated heterocycles. The molecule has 0 spiro atoms. The smallest absolute Gasteiger partial charge is 0.356 e. The van der Waals surface area contributed by atoms with E-state index in [0.29, 0.717) is 12.1 Å². The monoisotopic (exact) mass is 543 g/mol. The van der Waals surface area contributed by atoms with Crippen LogP contribution in [-0.4, -0.2) is 37.4 Å². The number of aryl methyl sites for hydroxylation is 1. The Morgan fingerprint density at radius 3 is 2.12 bits per heavy atom. The molecule has 188 valence electrons. The fourth-order valence-electron chi connectivity index (χ4n) is 2.85. The second-order valence-electron chi connectivity index (χ2n) is 6.46. The SMILES string of the molecule is CCn1nc(C(F)(F)F)cc1-c1ccc2c(c1)cc(OS(=O)(=O)C(F)(F)F)n2S(=O)C(F)(F)F. The Balaban J connectivity index is 2.24. The molecule has 0 amide bonds. The molecule has 34 heavy (non-hydrogen) atoms. The standard InChI is InChI=1S/C16H10F9N3O4S2/c1-2-27-11(7-12(26-27)14(17,18)19)8-3-4-10-9(5-8)6-13(28(10)33(29)15(20,21)22)32-34(30,31)16(23,24)25/h3-7H,2H2,1H3. The van der Waals surface area contributed by atoms with Gasteiger partial charge in [-0.05, 0) is 25.1 Å². The van der Waals surface area contributed by atoms with E-state index in [1.807, 2.05) is 0 Å². The third kappa shape index (κ3) is 4.73. The van der Waals surface area contributed by atoms with Gasteiger partial charge in [-0.2, -0.15) is 53.0 Å². The summed E-state index contributed by atoms with van der Waals surface area (Å²) < 4.78 is 155. The Morgan fingerprint density at radius 1 is 1.00 bits per heavy atom. The summed E-state index contributed by atoms with van der Waals surface area (Å²) in [5, 5.41) is 2.97. The topological polar surface area (TPSA) is 83.2 Å². The highest BCUT2D eigenvalue weighted by Crippen LogP contribution is 2.38. The summed E-state index contributed by atoms with van der Waals surface area (Å²) in [4.78, 5) is 0. The van der Waals surface area contributed by atoms with Gasteiger partial charge < -0.3 is 4.18 Å². The normalized spacial score (nSPS) is 14.5. The number of nitrogens with zero attached hydrogens (tertiary/aromatic N) is 3. The van der Waals surface area contributed by atoms with E-state index >= 15 is 0 Å². The number of hydrogen-bond acceptors (Lipinski definition) is 5. The number of aromatic nitrogens is 3. The zero-order chi connectivity index (χ0) is 25.9. The lowest BCUT2D eigenvalue weighted by Gasteiger charge is -2.13. The zero-order valence-electron chi connectivity index (χ0n) is 16.3. The van der Waals surface area contributed by atoms with Crippen molar-refractivity contribution < 1.29 is 56.3 Å². The molecule has 0 fully saturated rings. The van der Waals surface area contributed by atoms with Crippen LogP contribution in [0.15, 0.2) is 30.3 Å². The van der Waals surface area contributed by atoms with Crippen LogP contribution in [0.1, 0.15) is 12.6 Å². The number of fused-ring (bicyclic) bond motifs is 1. The second-order valence-corrected chi connectivity index (χ2v) is 9.32. The fraction of sp³-hybridized carbons (Fsp3) is 0.312. The van der Waals surface area contributed by atoms with E-state index in [0.717, 1.165) is 22.9 Å². The molecule has 3 rings (SSSR count). The highest BCUT2D eigenvalue weighted by molar-refractivity contribution is 7.88. The quantitative estimate of drug-likeness (QED) is 0.262. The molecular formula is C16H10F9N3O4S2. The lowest BCUT2D eigenvalue weighted by Crippen LogP contribution is -2.30. The van der Waals surface area contributed by atoms with Crippen LogP contribution in [0.5, 0.6) is 5.88 Å². The lowest BCUT2D eigenvalue weighted by molar-refractivity contribution is -0.141. The van der Waals surface area contributed by atoms with Crippen molar-refractivity contribution in [1.29, 1.82) is 0 Å². The molecule has 0 aliphatic heterocycles. The summed E-state index contributed by atoms with van der Waals surface area (Å²) in [6, 6.07) is 3.83. The Bertz CT molecular complexity index is 1370. The van der Waals surface area contributed by atoms with Crippen LogP contribution in [0.2, 0.25) is 0 Å². The minimum absolute atomic E-state index is 0.0548. The predicted octanol–water partition coefficient (Wildman–Crippen LogP) is 4.80. The second kappa shape index (κ2) is 8.17. The average Bonchev–Trinajstić information content (AvgIpc) is 3.25. The van der Waals surface area contributed by atoms with Crippen LogP contribution in [-0.2, 0) is 33.8 Å². The van der Waals surface area contributed by atoms with Crippen LogP contribution in [0, 0.1) is 0 Å². The largest absolute Gasteiger partial charge is 0.534 e. The molecular weight excluding hydrogens is 533 g/mol. The predicted molar refractivity (Wildman–Crippen MR) is 99.0 cm³/mol. The van der Waals surface area contributed by atoms with Gasteiger partial charge in [-0.3, -0.25) is 4.68 Å². The van der Waals surface area contributed by atoms with Crippen molar-refractivity contribution in [1.82, 2.24) is 13.8 Å². The van der Waals surface area contributed by atoms with E-state index in [9.17, 15) is 52.1 Å². The van der Waals surface area contributed by atoms with E-state index < -0.39 is 60.8 Å². The first-order valence-electron chi connectivity index (χ1n) is 8.67.